The number of carbonyl (C=O) groups is 1. The van der Waals surface area contributed by atoms with Gasteiger partial charge in [-0.1, -0.05) is 29.8 Å². The van der Waals surface area contributed by atoms with E-state index < -0.39 is 33.0 Å². The topological polar surface area (TPSA) is 104 Å². The van der Waals surface area contributed by atoms with E-state index in [9.17, 15) is 22.0 Å². The van der Waals surface area contributed by atoms with Gasteiger partial charge in [-0.3, -0.25) is 4.79 Å². The van der Waals surface area contributed by atoms with E-state index in [0.29, 0.717) is 28.1 Å². The van der Waals surface area contributed by atoms with Gasteiger partial charge in [0.2, 0.25) is 0 Å². The van der Waals surface area contributed by atoms with E-state index in [4.69, 9.17) is 22.1 Å². The molecule has 7 nitrogen and oxygen atoms in total. The van der Waals surface area contributed by atoms with Crippen molar-refractivity contribution >= 4 is 39.1 Å². The number of allylic oxidation sites excluding steroid dienone is 1. The van der Waals surface area contributed by atoms with Crippen molar-refractivity contribution in [3.05, 3.63) is 105 Å². The Labute approximate surface area is 222 Å². The zero-order chi connectivity index (χ0) is 27.2. The SMILES string of the molecule is CS(=O)(=O)Cc1cc2c(cc1F)C=C(C(=O)c1cnn(-c3ccc(Oc4ccccc4F)cc3Cl)c1N)C2. The highest BCUT2D eigenvalue weighted by Gasteiger charge is 2.26. The summed E-state index contributed by atoms with van der Waals surface area (Å²) >= 11 is 6.43. The lowest BCUT2D eigenvalue weighted by atomic mass is 10.0. The zero-order valence-corrected chi connectivity index (χ0v) is 21.5. The van der Waals surface area contributed by atoms with Crippen molar-refractivity contribution in [3.63, 3.8) is 0 Å². The van der Waals surface area contributed by atoms with Gasteiger partial charge in [0.15, 0.2) is 27.2 Å². The number of nitrogens with two attached hydrogens (primary N) is 1. The number of nitrogen functional groups attached to an aromatic ring is 1. The molecule has 1 aliphatic carbocycles. The smallest absolute Gasteiger partial charge is 0.194 e. The van der Waals surface area contributed by atoms with E-state index >= 15 is 0 Å². The standard InChI is InChI=1S/C27H20ClF2N3O4S/c1-38(35,36)14-18-10-15-8-17(9-16(15)11-23(18)30)26(34)20-13-32-33(27(20)31)24-7-6-19(12-21(24)28)37-25-5-3-2-4-22(25)29/h2-7,9-13H,8,14,31H2,1H3. The van der Waals surface area contributed by atoms with Crippen molar-refractivity contribution in [1.82, 2.24) is 9.78 Å². The van der Waals surface area contributed by atoms with E-state index in [2.05, 4.69) is 5.10 Å². The number of anilines is 1. The minimum atomic E-state index is -3.43. The summed E-state index contributed by atoms with van der Waals surface area (Å²) in [7, 11) is -3.43. The second-order valence-electron chi connectivity index (χ2n) is 8.89. The molecule has 1 aromatic heterocycles. The summed E-state index contributed by atoms with van der Waals surface area (Å²) in [5.74, 6) is -1.63. The third-order valence-electron chi connectivity index (χ3n) is 5.99. The van der Waals surface area contributed by atoms with Gasteiger partial charge >= 0.3 is 0 Å². The predicted molar refractivity (Wildman–Crippen MR) is 140 cm³/mol. The van der Waals surface area contributed by atoms with Crippen LogP contribution in [0.15, 0.2) is 66.4 Å². The fraction of sp³-hybridized carbons (Fsp3) is 0.111. The number of ether oxygens (including phenoxy) is 1. The van der Waals surface area contributed by atoms with Crippen molar-refractivity contribution in [1.29, 1.82) is 0 Å². The monoisotopic (exact) mass is 555 g/mol. The fourth-order valence-electron chi connectivity index (χ4n) is 4.23. The molecule has 11 heteroatoms. The molecular formula is C27H20ClF2N3O4S. The molecule has 0 saturated heterocycles. The highest BCUT2D eigenvalue weighted by Crippen LogP contribution is 2.34. The predicted octanol–water partition coefficient (Wildman–Crippen LogP) is 5.55. The lowest BCUT2D eigenvalue weighted by Crippen LogP contribution is -2.09. The highest BCUT2D eigenvalue weighted by atomic mass is 35.5. The van der Waals surface area contributed by atoms with Crippen LogP contribution in [0.2, 0.25) is 5.02 Å². The highest BCUT2D eigenvalue weighted by molar-refractivity contribution is 7.89. The Morgan fingerprint density at radius 1 is 1.13 bits per heavy atom. The summed E-state index contributed by atoms with van der Waals surface area (Å²) in [6, 6.07) is 13.3. The van der Waals surface area contributed by atoms with Crippen LogP contribution < -0.4 is 10.5 Å². The molecular weight excluding hydrogens is 536 g/mol. The number of nitrogens with zero attached hydrogens (tertiary/aromatic N) is 2. The quantitative estimate of drug-likeness (QED) is 0.300. The molecule has 2 N–H and O–H groups in total. The second-order valence-corrected chi connectivity index (χ2v) is 11.4. The summed E-state index contributed by atoms with van der Waals surface area (Å²) in [5, 5.41) is 4.42. The average Bonchev–Trinajstić information content (AvgIpc) is 3.43. The minimum Gasteiger partial charge on any atom is -0.454 e. The van der Waals surface area contributed by atoms with Gasteiger partial charge < -0.3 is 10.5 Å². The van der Waals surface area contributed by atoms with Gasteiger partial charge in [-0.2, -0.15) is 5.10 Å². The number of Topliss-reactive ketones (excluding diaryl/α,β-unsaturated/α-hetero) is 1. The number of halogens is 3. The molecule has 4 aromatic rings. The second kappa shape index (κ2) is 9.70. The maximum atomic E-state index is 14.4. The molecule has 0 amide bonds. The molecule has 38 heavy (non-hydrogen) atoms. The number of hydrogen-bond donors (Lipinski definition) is 1. The van der Waals surface area contributed by atoms with Gasteiger partial charge in [0.05, 0.1) is 28.2 Å². The van der Waals surface area contributed by atoms with E-state index in [1.807, 2.05) is 0 Å². The van der Waals surface area contributed by atoms with Crippen LogP contribution in [-0.4, -0.2) is 30.2 Å². The summed E-state index contributed by atoms with van der Waals surface area (Å²) in [4.78, 5) is 13.3. The van der Waals surface area contributed by atoms with E-state index in [-0.39, 0.29) is 34.1 Å². The number of para-hydroxylation sites is 1. The number of carbonyl (C=O) groups excluding carboxylic acids is 1. The van der Waals surface area contributed by atoms with Crippen molar-refractivity contribution in [2.24, 2.45) is 0 Å². The van der Waals surface area contributed by atoms with Crippen molar-refractivity contribution in [2.45, 2.75) is 12.2 Å². The minimum absolute atomic E-state index is 0.0388. The molecule has 0 aliphatic heterocycles. The molecule has 5 rings (SSSR count). The molecule has 1 heterocycles. The number of rotatable bonds is 7. The van der Waals surface area contributed by atoms with Crippen LogP contribution in [-0.2, 0) is 22.0 Å². The van der Waals surface area contributed by atoms with Gasteiger partial charge in [-0.25, -0.2) is 21.9 Å². The third-order valence-corrected chi connectivity index (χ3v) is 7.13. The van der Waals surface area contributed by atoms with Crippen LogP contribution in [0.1, 0.15) is 27.0 Å². The third kappa shape index (κ3) is 5.05. The molecule has 3 aromatic carbocycles. The Kier molecular flexibility index (Phi) is 6.54. The lowest BCUT2D eigenvalue weighted by molar-refractivity contribution is 0.103. The molecule has 0 atom stereocenters. The number of benzene rings is 3. The number of fused-ring (bicyclic) bond motifs is 1. The van der Waals surface area contributed by atoms with E-state index in [1.165, 1.54) is 41.2 Å². The summed E-state index contributed by atoms with van der Waals surface area (Å²) in [5.41, 5.74) is 8.33. The molecule has 0 bridgehead atoms. The van der Waals surface area contributed by atoms with Crippen molar-refractivity contribution in [3.8, 4) is 17.2 Å². The Hall–Kier alpha value is -4.02. The fourth-order valence-corrected chi connectivity index (χ4v) is 5.27. The number of aromatic nitrogens is 2. The van der Waals surface area contributed by atoms with Crippen LogP contribution in [0.4, 0.5) is 14.6 Å². The molecule has 0 unspecified atom stereocenters. The molecule has 1 aliphatic rings. The maximum Gasteiger partial charge on any atom is 0.194 e. The van der Waals surface area contributed by atoms with Gasteiger partial charge in [-0.15, -0.1) is 0 Å². The Morgan fingerprint density at radius 3 is 2.61 bits per heavy atom. The van der Waals surface area contributed by atoms with Crippen LogP contribution in [0.25, 0.3) is 11.8 Å². The molecule has 0 radical (unpaired) electrons. The molecule has 194 valence electrons. The van der Waals surface area contributed by atoms with Crippen LogP contribution in [0.5, 0.6) is 11.5 Å². The Bertz CT molecular complexity index is 1750. The molecule has 0 spiro atoms. The summed E-state index contributed by atoms with van der Waals surface area (Å²) in [6.45, 7) is 0. The zero-order valence-electron chi connectivity index (χ0n) is 19.9. The van der Waals surface area contributed by atoms with Gasteiger partial charge in [0.1, 0.15) is 17.4 Å². The lowest BCUT2D eigenvalue weighted by Gasteiger charge is -2.11. The first-order chi connectivity index (χ1) is 18.0. The van der Waals surface area contributed by atoms with Gasteiger partial charge in [-0.05, 0) is 47.5 Å². The first kappa shape index (κ1) is 25.6. The molecule has 0 fully saturated rings. The number of sulfone groups is 1. The maximum absolute atomic E-state index is 14.4. The molecule has 0 saturated carbocycles. The van der Waals surface area contributed by atoms with Crippen molar-refractivity contribution in [2.75, 3.05) is 12.0 Å². The summed E-state index contributed by atoms with van der Waals surface area (Å²) in [6.07, 6.45) is 4.10. The average molecular weight is 556 g/mol. The van der Waals surface area contributed by atoms with E-state index in [1.54, 1.807) is 30.3 Å². The normalized spacial score (nSPS) is 12.8. The largest absolute Gasteiger partial charge is 0.454 e. The summed E-state index contributed by atoms with van der Waals surface area (Å²) < 4.78 is 58.4. The van der Waals surface area contributed by atoms with Crippen LogP contribution in [0, 0.1) is 11.6 Å². The van der Waals surface area contributed by atoms with Crippen LogP contribution in [0.3, 0.4) is 0 Å². The number of ketones is 1. The Morgan fingerprint density at radius 2 is 1.89 bits per heavy atom. The van der Waals surface area contributed by atoms with Crippen LogP contribution >= 0.6 is 11.6 Å². The first-order valence-electron chi connectivity index (χ1n) is 11.3. The first-order valence-corrected chi connectivity index (χ1v) is 13.7. The van der Waals surface area contributed by atoms with Gasteiger partial charge in [0.25, 0.3) is 0 Å². The van der Waals surface area contributed by atoms with Crippen molar-refractivity contribution < 1.29 is 26.7 Å². The number of hydrogen-bond acceptors (Lipinski definition) is 6. The van der Waals surface area contributed by atoms with E-state index in [0.717, 1.165) is 6.26 Å². The Balaban J connectivity index is 1.38. The van der Waals surface area contributed by atoms with Gasteiger partial charge in [0, 0.05) is 29.9 Å².